The molecular weight excluding hydrogens is 322 g/mol. The van der Waals surface area contributed by atoms with Gasteiger partial charge in [-0.25, -0.2) is 13.8 Å². The van der Waals surface area contributed by atoms with E-state index in [1.54, 1.807) is 12.1 Å². The summed E-state index contributed by atoms with van der Waals surface area (Å²) < 4.78 is 26.2. The van der Waals surface area contributed by atoms with Gasteiger partial charge in [0.25, 0.3) is 0 Å². The van der Waals surface area contributed by atoms with E-state index < -0.39 is 11.6 Å². The quantitative estimate of drug-likeness (QED) is 0.850. The molecule has 7 heteroatoms. The van der Waals surface area contributed by atoms with Crippen LogP contribution in [0, 0.1) is 11.6 Å². The minimum absolute atomic E-state index is 0.149. The summed E-state index contributed by atoms with van der Waals surface area (Å²) in [6.45, 7) is 1.50. The number of rotatable bonds is 2. The molecule has 0 saturated carbocycles. The molecule has 1 aromatic carbocycles. The first kappa shape index (κ1) is 15.7. The third-order valence-corrected chi connectivity index (χ3v) is 3.94. The van der Waals surface area contributed by atoms with Gasteiger partial charge in [-0.05, 0) is 30.5 Å². The van der Waals surface area contributed by atoms with Gasteiger partial charge in [-0.15, -0.1) is 0 Å². The van der Waals surface area contributed by atoms with Crippen LogP contribution < -0.4 is 10.6 Å². The molecule has 0 aliphatic carbocycles. The molecule has 1 saturated heterocycles. The normalized spacial score (nSPS) is 14.9. The van der Waals surface area contributed by atoms with Gasteiger partial charge in [-0.3, -0.25) is 0 Å². The van der Waals surface area contributed by atoms with E-state index in [4.69, 9.17) is 17.3 Å². The topological polar surface area (TPSA) is 55.0 Å². The molecule has 0 spiro atoms. The van der Waals surface area contributed by atoms with Gasteiger partial charge in [0.05, 0.1) is 0 Å². The zero-order chi connectivity index (χ0) is 16.4. The molecule has 2 N–H and O–H groups in total. The molecule has 1 aromatic heterocycles. The van der Waals surface area contributed by atoms with Gasteiger partial charge in [0, 0.05) is 19.2 Å². The highest BCUT2D eigenvalue weighted by Crippen LogP contribution is 2.25. The maximum atomic E-state index is 13.2. The summed E-state index contributed by atoms with van der Waals surface area (Å²) in [6, 6.07) is 5.60. The highest BCUT2D eigenvalue weighted by molar-refractivity contribution is 6.29. The molecule has 4 nitrogen and oxygen atoms in total. The largest absolute Gasteiger partial charge is 0.368 e. The molecule has 0 radical (unpaired) electrons. The Morgan fingerprint density at radius 3 is 2.48 bits per heavy atom. The second kappa shape index (κ2) is 6.50. The van der Waals surface area contributed by atoms with Gasteiger partial charge in [0.2, 0.25) is 5.95 Å². The summed E-state index contributed by atoms with van der Waals surface area (Å²) in [4.78, 5) is 10.1. The van der Waals surface area contributed by atoms with Crippen LogP contribution in [0.2, 0.25) is 5.15 Å². The van der Waals surface area contributed by atoms with Gasteiger partial charge in [0.1, 0.15) is 11.0 Å². The van der Waals surface area contributed by atoms with E-state index in [1.165, 1.54) is 11.6 Å². The first-order chi connectivity index (χ1) is 11.0. The lowest BCUT2D eigenvalue weighted by atomic mass is 10.0. The SMILES string of the molecule is Nc1nc(Cl)cc(N2CCC(=Cc3ccc(F)c(F)c3)CC2)n1. The Morgan fingerprint density at radius 2 is 1.83 bits per heavy atom. The van der Waals surface area contributed by atoms with E-state index in [0.29, 0.717) is 16.5 Å². The molecule has 120 valence electrons. The summed E-state index contributed by atoms with van der Waals surface area (Å²) >= 11 is 5.90. The van der Waals surface area contributed by atoms with Crippen LogP contribution in [0.25, 0.3) is 6.08 Å². The number of hydrogen-bond donors (Lipinski definition) is 1. The lowest BCUT2D eigenvalue weighted by Crippen LogP contribution is -2.31. The van der Waals surface area contributed by atoms with E-state index in [-0.39, 0.29) is 5.95 Å². The second-order valence-electron chi connectivity index (χ2n) is 5.37. The lowest BCUT2D eigenvalue weighted by Gasteiger charge is -2.29. The van der Waals surface area contributed by atoms with Crippen molar-refractivity contribution in [3.05, 3.63) is 52.2 Å². The Kier molecular flexibility index (Phi) is 4.43. The second-order valence-corrected chi connectivity index (χ2v) is 5.76. The van der Waals surface area contributed by atoms with Crippen molar-refractivity contribution in [2.45, 2.75) is 12.8 Å². The van der Waals surface area contributed by atoms with E-state index in [1.807, 2.05) is 6.08 Å². The van der Waals surface area contributed by atoms with Crippen molar-refractivity contribution in [1.82, 2.24) is 9.97 Å². The third-order valence-electron chi connectivity index (χ3n) is 3.74. The van der Waals surface area contributed by atoms with Crippen molar-refractivity contribution < 1.29 is 8.78 Å². The third kappa shape index (κ3) is 3.76. The molecule has 0 unspecified atom stereocenters. The van der Waals surface area contributed by atoms with Gasteiger partial charge in [0.15, 0.2) is 11.6 Å². The monoisotopic (exact) mass is 336 g/mol. The maximum Gasteiger partial charge on any atom is 0.223 e. The lowest BCUT2D eigenvalue weighted by molar-refractivity contribution is 0.508. The van der Waals surface area contributed by atoms with E-state index >= 15 is 0 Å². The van der Waals surface area contributed by atoms with Crippen LogP contribution in [0.1, 0.15) is 18.4 Å². The molecule has 1 fully saturated rings. The van der Waals surface area contributed by atoms with E-state index in [9.17, 15) is 8.78 Å². The zero-order valence-electron chi connectivity index (χ0n) is 12.3. The molecule has 1 aliphatic heterocycles. The van der Waals surface area contributed by atoms with Crippen molar-refractivity contribution in [3.63, 3.8) is 0 Å². The first-order valence-electron chi connectivity index (χ1n) is 7.21. The van der Waals surface area contributed by atoms with Crippen LogP contribution in [-0.4, -0.2) is 23.1 Å². The Hall–Kier alpha value is -2.21. The number of hydrogen-bond acceptors (Lipinski definition) is 4. The zero-order valence-corrected chi connectivity index (χ0v) is 13.0. The molecule has 0 bridgehead atoms. The van der Waals surface area contributed by atoms with Gasteiger partial charge >= 0.3 is 0 Å². The fourth-order valence-electron chi connectivity index (χ4n) is 2.59. The van der Waals surface area contributed by atoms with Crippen molar-refractivity contribution in [3.8, 4) is 0 Å². The number of benzene rings is 1. The Morgan fingerprint density at radius 1 is 1.09 bits per heavy atom. The smallest absolute Gasteiger partial charge is 0.223 e. The number of piperidine rings is 1. The highest BCUT2D eigenvalue weighted by Gasteiger charge is 2.16. The molecular formula is C16H15ClF2N4. The van der Waals surface area contributed by atoms with Crippen molar-refractivity contribution in [1.29, 1.82) is 0 Å². The fourth-order valence-corrected chi connectivity index (χ4v) is 2.77. The van der Waals surface area contributed by atoms with Crippen LogP contribution in [-0.2, 0) is 0 Å². The van der Waals surface area contributed by atoms with E-state index in [2.05, 4.69) is 14.9 Å². The summed E-state index contributed by atoms with van der Waals surface area (Å²) in [5.74, 6) is -0.812. The number of aromatic nitrogens is 2. The number of nitrogen functional groups attached to an aromatic ring is 1. The molecule has 23 heavy (non-hydrogen) atoms. The Labute approximate surface area is 137 Å². The fraction of sp³-hybridized carbons (Fsp3) is 0.250. The van der Waals surface area contributed by atoms with E-state index in [0.717, 1.165) is 32.0 Å². The summed E-state index contributed by atoms with van der Waals surface area (Å²) in [6.07, 6.45) is 3.52. The van der Waals surface area contributed by atoms with Crippen LogP contribution >= 0.6 is 11.6 Å². The number of halogens is 3. The average Bonchev–Trinajstić information content (AvgIpc) is 2.51. The standard InChI is InChI=1S/C16H15ClF2N4/c17-14-9-15(22-16(20)21-14)23-5-3-10(4-6-23)7-11-1-2-12(18)13(19)8-11/h1-2,7-9H,3-6H2,(H2,20,21,22). The van der Waals surface area contributed by atoms with Crippen molar-refractivity contribution >= 4 is 29.4 Å². The molecule has 0 atom stereocenters. The van der Waals surface area contributed by atoms with Crippen LogP contribution in [0.3, 0.4) is 0 Å². The molecule has 3 rings (SSSR count). The molecule has 0 amide bonds. The van der Waals surface area contributed by atoms with Crippen LogP contribution in [0.4, 0.5) is 20.5 Å². The molecule has 1 aliphatic rings. The van der Waals surface area contributed by atoms with Crippen molar-refractivity contribution in [2.75, 3.05) is 23.7 Å². The summed E-state index contributed by atoms with van der Waals surface area (Å²) in [5.41, 5.74) is 7.46. The van der Waals surface area contributed by atoms with Gasteiger partial charge < -0.3 is 10.6 Å². The number of nitrogens with zero attached hydrogens (tertiary/aromatic N) is 3. The first-order valence-corrected chi connectivity index (χ1v) is 7.58. The number of nitrogens with two attached hydrogens (primary N) is 1. The molecule has 2 heterocycles. The summed E-state index contributed by atoms with van der Waals surface area (Å²) in [7, 11) is 0. The minimum atomic E-state index is -0.833. The Bertz CT molecular complexity index is 733. The predicted molar refractivity (Wildman–Crippen MR) is 87.2 cm³/mol. The average molecular weight is 337 g/mol. The maximum absolute atomic E-state index is 13.2. The molecule has 2 aromatic rings. The predicted octanol–water partition coefficient (Wildman–Crippen LogP) is 3.67. The Balaban J connectivity index is 1.70. The summed E-state index contributed by atoms with van der Waals surface area (Å²) in [5, 5.41) is 0.315. The minimum Gasteiger partial charge on any atom is -0.368 e. The van der Waals surface area contributed by atoms with Crippen LogP contribution in [0.5, 0.6) is 0 Å². The highest BCUT2D eigenvalue weighted by atomic mass is 35.5. The van der Waals surface area contributed by atoms with Crippen LogP contribution in [0.15, 0.2) is 29.8 Å². The number of anilines is 2. The van der Waals surface area contributed by atoms with Crippen molar-refractivity contribution in [2.24, 2.45) is 0 Å². The van der Waals surface area contributed by atoms with Gasteiger partial charge in [-0.1, -0.05) is 29.3 Å². The van der Waals surface area contributed by atoms with Gasteiger partial charge in [-0.2, -0.15) is 4.98 Å².